The van der Waals surface area contributed by atoms with Gasteiger partial charge in [-0.15, -0.1) is 0 Å². The molecular weight excluding hydrogens is 160 g/mol. The Hall–Kier alpha value is -0.980. The molecule has 72 valence electrons. The predicted molar refractivity (Wildman–Crippen MR) is 56.0 cm³/mol. The molecule has 1 aromatic rings. The van der Waals surface area contributed by atoms with Gasteiger partial charge in [0.2, 0.25) is 0 Å². The summed E-state index contributed by atoms with van der Waals surface area (Å²) >= 11 is 0. The number of benzene rings is 1. The Kier molecular flexibility index (Phi) is 2.97. The summed E-state index contributed by atoms with van der Waals surface area (Å²) < 4.78 is 5.78. The van der Waals surface area contributed by atoms with E-state index in [9.17, 15) is 0 Å². The SMILES string of the molecule is C[C@@H](Oc1ccccc1)C(C)(C)C. The third-order valence-corrected chi connectivity index (χ3v) is 2.28. The maximum absolute atomic E-state index is 5.78. The molecule has 0 aromatic heterocycles. The zero-order valence-corrected chi connectivity index (χ0v) is 8.87. The minimum absolute atomic E-state index is 0.190. The average molecular weight is 178 g/mol. The number of ether oxygens (including phenoxy) is 1. The van der Waals surface area contributed by atoms with E-state index in [4.69, 9.17) is 4.74 Å². The Morgan fingerprint density at radius 3 is 2.08 bits per heavy atom. The van der Waals surface area contributed by atoms with Crippen LogP contribution in [0.3, 0.4) is 0 Å². The lowest BCUT2D eigenvalue weighted by molar-refractivity contribution is 0.103. The van der Waals surface area contributed by atoms with Gasteiger partial charge in [0.15, 0.2) is 0 Å². The molecule has 0 N–H and O–H groups in total. The van der Waals surface area contributed by atoms with Crippen molar-refractivity contribution in [3.63, 3.8) is 0 Å². The smallest absolute Gasteiger partial charge is 0.119 e. The van der Waals surface area contributed by atoms with E-state index < -0.39 is 0 Å². The summed E-state index contributed by atoms with van der Waals surface area (Å²) in [5.41, 5.74) is 0.190. The van der Waals surface area contributed by atoms with Gasteiger partial charge in [-0.25, -0.2) is 0 Å². The van der Waals surface area contributed by atoms with Crippen LogP contribution in [-0.4, -0.2) is 6.10 Å². The van der Waals surface area contributed by atoms with Crippen molar-refractivity contribution >= 4 is 0 Å². The molecule has 0 fully saturated rings. The standard InChI is InChI=1S/C12H18O/c1-10(12(2,3)4)13-11-8-6-5-7-9-11/h5-10H,1-4H3/t10-/m1/s1. The minimum atomic E-state index is 0.190. The number of rotatable bonds is 2. The van der Waals surface area contributed by atoms with Crippen molar-refractivity contribution in [3.05, 3.63) is 30.3 Å². The van der Waals surface area contributed by atoms with Crippen molar-refractivity contribution in [2.24, 2.45) is 5.41 Å². The van der Waals surface area contributed by atoms with Crippen LogP contribution < -0.4 is 4.74 Å². The number of para-hydroxylation sites is 1. The maximum Gasteiger partial charge on any atom is 0.119 e. The molecule has 1 heteroatoms. The van der Waals surface area contributed by atoms with Crippen molar-refractivity contribution < 1.29 is 4.74 Å². The van der Waals surface area contributed by atoms with Gasteiger partial charge in [-0.2, -0.15) is 0 Å². The Bertz CT molecular complexity index is 246. The Balaban J connectivity index is 2.61. The van der Waals surface area contributed by atoms with Gasteiger partial charge in [0.1, 0.15) is 11.9 Å². The van der Waals surface area contributed by atoms with Crippen LogP contribution >= 0.6 is 0 Å². The van der Waals surface area contributed by atoms with Crippen LogP contribution in [0.4, 0.5) is 0 Å². The zero-order valence-electron chi connectivity index (χ0n) is 8.87. The summed E-state index contributed by atoms with van der Waals surface area (Å²) in [4.78, 5) is 0. The van der Waals surface area contributed by atoms with Crippen molar-refractivity contribution in [1.82, 2.24) is 0 Å². The minimum Gasteiger partial charge on any atom is -0.490 e. The summed E-state index contributed by atoms with van der Waals surface area (Å²) in [5, 5.41) is 0. The molecule has 1 rings (SSSR count). The van der Waals surface area contributed by atoms with Crippen molar-refractivity contribution in [2.45, 2.75) is 33.8 Å². The van der Waals surface area contributed by atoms with Crippen LogP contribution in [-0.2, 0) is 0 Å². The first-order chi connectivity index (χ1) is 6.00. The van der Waals surface area contributed by atoms with E-state index in [2.05, 4.69) is 27.7 Å². The molecule has 0 aliphatic carbocycles. The summed E-state index contributed by atoms with van der Waals surface area (Å²) in [7, 11) is 0. The highest BCUT2D eigenvalue weighted by molar-refractivity contribution is 5.21. The first-order valence-corrected chi connectivity index (χ1v) is 4.72. The largest absolute Gasteiger partial charge is 0.490 e. The van der Waals surface area contributed by atoms with E-state index in [0.717, 1.165) is 5.75 Å². The molecule has 0 bridgehead atoms. The van der Waals surface area contributed by atoms with E-state index >= 15 is 0 Å². The molecule has 13 heavy (non-hydrogen) atoms. The van der Waals surface area contributed by atoms with Gasteiger partial charge in [-0.05, 0) is 24.5 Å². The van der Waals surface area contributed by atoms with Crippen LogP contribution in [0, 0.1) is 5.41 Å². The van der Waals surface area contributed by atoms with E-state index in [-0.39, 0.29) is 11.5 Å². The lowest BCUT2D eigenvalue weighted by Gasteiger charge is -2.27. The van der Waals surface area contributed by atoms with Crippen LogP contribution in [0.5, 0.6) is 5.75 Å². The highest BCUT2D eigenvalue weighted by Gasteiger charge is 2.21. The first kappa shape index (κ1) is 10.1. The lowest BCUT2D eigenvalue weighted by atomic mass is 9.90. The van der Waals surface area contributed by atoms with E-state index in [1.54, 1.807) is 0 Å². The Labute approximate surface area is 80.7 Å². The fourth-order valence-electron chi connectivity index (χ4n) is 0.880. The monoisotopic (exact) mass is 178 g/mol. The van der Waals surface area contributed by atoms with Crippen LogP contribution in [0.25, 0.3) is 0 Å². The molecule has 0 aliphatic rings. The lowest BCUT2D eigenvalue weighted by Crippen LogP contribution is -2.28. The normalized spacial score (nSPS) is 13.8. The van der Waals surface area contributed by atoms with E-state index in [1.807, 2.05) is 30.3 Å². The molecule has 1 atom stereocenters. The Morgan fingerprint density at radius 2 is 1.62 bits per heavy atom. The second kappa shape index (κ2) is 3.82. The van der Waals surface area contributed by atoms with Gasteiger partial charge >= 0.3 is 0 Å². The maximum atomic E-state index is 5.78. The summed E-state index contributed by atoms with van der Waals surface area (Å²) in [5.74, 6) is 0.949. The topological polar surface area (TPSA) is 9.23 Å². The quantitative estimate of drug-likeness (QED) is 0.673. The van der Waals surface area contributed by atoms with Gasteiger partial charge in [0, 0.05) is 0 Å². The second-order valence-corrected chi connectivity index (χ2v) is 4.44. The molecule has 0 spiro atoms. The third kappa shape index (κ3) is 3.10. The number of hydrogen-bond donors (Lipinski definition) is 0. The second-order valence-electron chi connectivity index (χ2n) is 4.44. The molecular formula is C12H18O. The highest BCUT2D eigenvalue weighted by Crippen LogP contribution is 2.23. The molecule has 0 saturated carbocycles. The highest BCUT2D eigenvalue weighted by atomic mass is 16.5. The average Bonchev–Trinajstić information content (AvgIpc) is 2.04. The predicted octanol–water partition coefficient (Wildman–Crippen LogP) is 3.50. The number of hydrogen-bond acceptors (Lipinski definition) is 1. The summed E-state index contributed by atoms with van der Waals surface area (Å²) in [6, 6.07) is 9.95. The fourth-order valence-corrected chi connectivity index (χ4v) is 0.880. The van der Waals surface area contributed by atoms with Crippen LogP contribution in [0.15, 0.2) is 30.3 Å². The van der Waals surface area contributed by atoms with Gasteiger partial charge in [-0.1, -0.05) is 39.0 Å². The van der Waals surface area contributed by atoms with Crippen LogP contribution in [0.2, 0.25) is 0 Å². The zero-order chi connectivity index (χ0) is 9.90. The molecule has 0 amide bonds. The van der Waals surface area contributed by atoms with Crippen LogP contribution in [0.1, 0.15) is 27.7 Å². The fraction of sp³-hybridized carbons (Fsp3) is 0.500. The molecule has 1 aromatic carbocycles. The molecule has 0 saturated heterocycles. The van der Waals surface area contributed by atoms with Gasteiger partial charge in [0.25, 0.3) is 0 Å². The summed E-state index contributed by atoms with van der Waals surface area (Å²) in [6.45, 7) is 8.65. The van der Waals surface area contributed by atoms with Gasteiger partial charge in [0.05, 0.1) is 0 Å². The van der Waals surface area contributed by atoms with Gasteiger partial charge in [-0.3, -0.25) is 0 Å². The third-order valence-electron chi connectivity index (χ3n) is 2.28. The van der Waals surface area contributed by atoms with Crippen molar-refractivity contribution in [3.8, 4) is 5.75 Å². The Morgan fingerprint density at radius 1 is 1.08 bits per heavy atom. The molecule has 0 unspecified atom stereocenters. The van der Waals surface area contributed by atoms with E-state index in [0.29, 0.717) is 0 Å². The first-order valence-electron chi connectivity index (χ1n) is 4.72. The van der Waals surface area contributed by atoms with E-state index in [1.165, 1.54) is 0 Å². The summed E-state index contributed by atoms with van der Waals surface area (Å²) in [6.07, 6.45) is 0.231. The van der Waals surface area contributed by atoms with Gasteiger partial charge < -0.3 is 4.74 Å². The van der Waals surface area contributed by atoms with Crippen molar-refractivity contribution in [1.29, 1.82) is 0 Å². The molecule has 1 nitrogen and oxygen atoms in total. The molecule has 0 aliphatic heterocycles. The molecule has 0 heterocycles. The molecule has 0 radical (unpaired) electrons. The van der Waals surface area contributed by atoms with Crippen molar-refractivity contribution in [2.75, 3.05) is 0 Å².